The van der Waals surface area contributed by atoms with Gasteiger partial charge in [0.2, 0.25) is 5.91 Å². The predicted octanol–water partition coefficient (Wildman–Crippen LogP) is 2.61. The number of carbonyl (C=O) groups excluding carboxylic acids is 3. The molecule has 3 rings (SSSR count). The van der Waals surface area contributed by atoms with Crippen LogP contribution in [-0.2, 0) is 9.59 Å². The minimum Gasteiger partial charge on any atom is -0.366 e. The predicted molar refractivity (Wildman–Crippen MR) is 107 cm³/mol. The Morgan fingerprint density at radius 3 is 2.57 bits per heavy atom. The quantitative estimate of drug-likeness (QED) is 0.796. The van der Waals surface area contributed by atoms with Crippen LogP contribution < -0.4 is 11.1 Å². The van der Waals surface area contributed by atoms with E-state index < -0.39 is 17.7 Å². The summed E-state index contributed by atoms with van der Waals surface area (Å²) in [6, 6.07) is 11.0. The summed E-state index contributed by atoms with van der Waals surface area (Å²) in [6.45, 7) is 4.69. The van der Waals surface area contributed by atoms with E-state index >= 15 is 0 Å². The molecular formula is C21H26N4O3. The molecule has 148 valence electrons. The molecule has 1 aliphatic rings. The maximum atomic E-state index is 13.0. The molecule has 0 radical (unpaired) electrons. The molecule has 7 nitrogen and oxygen atoms in total. The summed E-state index contributed by atoms with van der Waals surface area (Å²) in [5, 5.41) is 2.54. The number of amides is 3. The van der Waals surface area contributed by atoms with Gasteiger partial charge in [0.15, 0.2) is 0 Å². The van der Waals surface area contributed by atoms with Crippen LogP contribution in [0.25, 0.3) is 0 Å². The number of pyridine rings is 1. The summed E-state index contributed by atoms with van der Waals surface area (Å²) in [4.78, 5) is 42.4. The SMILES string of the molecule is C[C@H]1C[C@@H](C)[C@H](c2ccccc2)N(C(=O)C(=O)Nc2cncc(C(N)=O)c2)C1.[HH]. The lowest BCUT2D eigenvalue weighted by molar-refractivity contribution is -0.147. The van der Waals surface area contributed by atoms with Crippen LogP contribution in [0.3, 0.4) is 0 Å². The number of primary amides is 1. The molecule has 0 spiro atoms. The molecule has 28 heavy (non-hydrogen) atoms. The van der Waals surface area contributed by atoms with Crippen LogP contribution in [-0.4, -0.2) is 34.2 Å². The Morgan fingerprint density at radius 2 is 1.89 bits per heavy atom. The Hall–Kier alpha value is -3.22. The third-order valence-electron chi connectivity index (χ3n) is 5.03. The Kier molecular flexibility index (Phi) is 5.73. The van der Waals surface area contributed by atoms with Gasteiger partial charge in [0.05, 0.1) is 23.5 Å². The summed E-state index contributed by atoms with van der Waals surface area (Å²) < 4.78 is 0. The molecule has 2 aromatic rings. The molecular weight excluding hydrogens is 356 g/mol. The van der Waals surface area contributed by atoms with E-state index in [2.05, 4.69) is 24.1 Å². The van der Waals surface area contributed by atoms with Crippen LogP contribution in [0.15, 0.2) is 48.8 Å². The van der Waals surface area contributed by atoms with Gasteiger partial charge < -0.3 is 16.0 Å². The van der Waals surface area contributed by atoms with Crippen molar-refractivity contribution in [2.45, 2.75) is 26.3 Å². The lowest BCUT2D eigenvalue weighted by atomic mass is 9.81. The number of hydrogen-bond acceptors (Lipinski definition) is 4. The van der Waals surface area contributed by atoms with Crippen molar-refractivity contribution >= 4 is 23.4 Å². The van der Waals surface area contributed by atoms with Gasteiger partial charge in [-0.3, -0.25) is 19.4 Å². The molecule has 1 aliphatic heterocycles. The average molecular weight is 382 g/mol. The lowest BCUT2D eigenvalue weighted by Crippen LogP contribution is -2.49. The molecule has 0 saturated carbocycles. The van der Waals surface area contributed by atoms with E-state index in [1.165, 1.54) is 18.5 Å². The number of likely N-dealkylation sites (tertiary alicyclic amines) is 1. The number of nitrogens with zero attached hydrogens (tertiary/aromatic N) is 2. The Bertz CT molecular complexity index is 891. The van der Waals surface area contributed by atoms with Crippen molar-refractivity contribution in [3.63, 3.8) is 0 Å². The Morgan fingerprint density at radius 1 is 1.18 bits per heavy atom. The van der Waals surface area contributed by atoms with Gasteiger partial charge in [-0.15, -0.1) is 0 Å². The third-order valence-corrected chi connectivity index (χ3v) is 5.03. The van der Waals surface area contributed by atoms with Crippen molar-refractivity contribution in [2.75, 3.05) is 11.9 Å². The smallest absolute Gasteiger partial charge is 0.313 e. The summed E-state index contributed by atoms with van der Waals surface area (Å²) in [5.41, 5.74) is 6.66. The summed E-state index contributed by atoms with van der Waals surface area (Å²) >= 11 is 0. The molecule has 3 N–H and O–H groups in total. The van der Waals surface area contributed by atoms with E-state index in [0.29, 0.717) is 12.5 Å². The second-order valence-corrected chi connectivity index (χ2v) is 7.41. The minimum absolute atomic E-state index is 0. The van der Waals surface area contributed by atoms with Crippen molar-refractivity contribution in [3.05, 3.63) is 59.9 Å². The first kappa shape index (κ1) is 19.5. The van der Waals surface area contributed by atoms with Crippen molar-refractivity contribution < 1.29 is 15.8 Å². The molecule has 3 atom stereocenters. The van der Waals surface area contributed by atoms with E-state index in [4.69, 9.17) is 5.73 Å². The number of hydrogen-bond donors (Lipinski definition) is 2. The van der Waals surface area contributed by atoms with Gasteiger partial charge >= 0.3 is 11.8 Å². The highest BCUT2D eigenvalue weighted by molar-refractivity contribution is 6.39. The zero-order valence-electron chi connectivity index (χ0n) is 16.0. The van der Waals surface area contributed by atoms with Crippen LogP contribution in [0.5, 0.6) is 0 Å². The fourth-order valence-corrected chi connectivity index (χ4v) is 3.92. The first-order chi connectivity index (χ1) is 13.4. The first-order valence-corrected chi connectivity index (χ1v) is 9.28. The molecule has 7 heteroatoms. The monoisotopic (exact) mass is 382 g/mol. The van der Waals surface area contributed by atoms with E-state index in [0.717, 1.165) is 12.0 Å². The molecule has 1 saturated heterocycles. The molecule has 0 bridgehead atoms. The molecule has 1 aromatic carbocycles. The summed E-state index contributed by atoms with van der Waals surface area (Å²) in [5.74, 6) is -1.49. The lowest BCUT2D eigenvalue weighted by Gasteiger charge is -2.42. The third kappa shape index (κ3) is 4.19. The number of aromatic nitrogens is 1. The topological polar surface area (TPSA) is 105 Å². The van der Waals surface area contributed by atoms with Crippen molar-refractivity contribution in [3.8, 4) is 0 Å². The van der Waals surface area contributed by atoms with Gasteiger partial charge in [-0.25, -0.2) is 0 Å². The molecule has 1 aromatic heterocycles. The highest BCUT2D eigenvalue weighted by atomic mass is 16.2. The highest BCUT2D eigenvalue weighted by Gasteiger charge is 2.38. The second kappa shape index (κ2) is 8.21. The zero-order valence-corrected chi connectivity index (χ0v) is 16.0. The van der Waals surface area contributed by atoms with Crippen LogP contribution in [0.4, 0.5) is 5.69 Å². The Labute approximate surface area is 165 Å². The van der Waals surface area contributed by atoms with Crippen molar-refractivity contribution in [1.82, 2.24) is 9.88 Å². The van der Waals surface area contributed by atoms with E-state index in [-0.39, 0.29) is 24.6 Å². The number of piperidine rings is 1. The van der Waals surface area contributed by atoms with Crippen LogP contribution in [0.2, 0.25) is 0 Å². The number of rotatable bonds is 3. The number of anilines is 1. The number of nitrogens with two attached hydrogens (primary N) is 1. The standard InChI is InChI=1S/C21H24N4O3.H2/c1-13-8-14(2)18(15-6-4-3-5-7-15)25(12-13)21(28)20(27)24-17-9-16(19(22)26)10-23-11-17;/h3-7,9-11,13-14,18H,8,12H2,1-2H3,(H2,22,26)(H,24,27);1H/t13-,14+,18+;/m0./s1. The van der Waals surface area contributed by atoms with Gasteiger partial charge in [0.1, 0.15) is 0 Å². The number of carbonyl (C=O) groups is 3. The van der Waals surface area contributed by atoms with Gasteiger partial charge in [-0.2, -0.15) is 0 Å². The van der Waals surface area contributed by atoms with Crippen molar-refractivity contribution in [1.29, 1.82) is 0 Å². The zero-order chi connectivity index (χ0) is 20.3. The van der Waals surface area contributed by atoms with Crippen molar-refractivity contribution in [2.24, 2.45) is 17.6 Å². The van der Waals surface area contributed by atoms with Crippen LogP contribution >= 0.6 is 0 Å². The molecule has 0 aliphatic carbocycles. The number of benzene rings is 1. The fourth-order valence-electron chi connectivity index (χ4n) is 3.92. The number of nitrogens with one attached hydrogen (secondary N) is 1. The first-order valence-electron chi connectivity index (χ1n) is 9.28. The maximum absolute atomic E-state index is 13.0. The molecule has 3 amide bonds. The largest absolute Gasteiger partial charge is 0.366 e. The summed E-state index contributed by atoms with van der Waals surface area (Å²) in [6.07, 6.45) is 3.66. The van der Waals surface area contributed by atoms with Gasteiger partial charge in [-0.1, -0.05) is 44.2 Å². The maximum Gasteiger partial charge on any atom is 0.313 e. The van der Waals surface area contributed by atoms with Gasteiger partial charge in [0, 0.05) is 14.2 Å². The summed E-state index contributed by atoms with van der Waals surface area (Å²) in [7, 11) is 0. The van der Waals surface area contributed by atoms with E-state index in [1.54, 1.807) is 4.90 Å². The van der Waals surface area contributed by atoms with Crippen LogP contribution in [0, 0.1) is 11.8 Å². The fraction of sp³-hybridized carbons (Fsp3) is 0.333. The normalized spacial score (nSPS) is 21.8. The molecule has 1 fully saturated rings. The second-order valence-electron chi connectivity index (χ2n) is 7.41. The van der Waals surface area contributed by atoms with E-state index in [9.17, 15) is 14.4 Å². The van der Waals surface area contributed by atoms with Gasteiger partial charge in [-0.05, 0) is 29.9 Å². The molecule has 0 unspecified atom stereocenters. The van der Waals surface area contributed by atoms with E-state index in [1.807, 2.05) is 30.3 Å². The van der Waals surface area contributed by atoms with Gasteiger partial charge in [0.25, 0.3) is 0 Å². The molecule has 2 heterocycles. The highest BCUT2D eigenvalue weighted by Crippen LogP contribution is 2.38. The minimum atomic E-state index is -0.759. The van der Waals surface area contributed by atoms with Crippen LogP contribution in [0.1, 0.15) is 43.7 Å². The Balaban J connectivity index is 0.00000300. The average Bonchev–Trinajstić information content (AvgIpc) is 2.67.